The van der Waals surface area contributed by atoms with Gasteiger partial charge in [-0.2, -0.15) is 0 Å². The highest BCUT2D eigenvalue weighted by Crippen LogP contribution is 2.31. The minimum absolute atomic E-state index is 0.207. The first-order chi connectivity index (χ1) is 17.3. The zero-order chi connectivity index (χ0) is 27.9. The van der Waals surface area contributed by atoms with Crippen molar-refractivity contribution < 1.29 is 24.2 Å². The number of hydrogen-bond donors (Lipinski definition) is 3. The zero-order valence-corrected chi connectivity index (χ0v) is 23.4. The Morgan fingerprint density at radius 1 is 1.08 bits per heavy atom. The first-order valence-electron chi connectivity index (χ1n) is 12.3. The minimum atomic E-state index is -1.30. The summed E-state index contributed by atoms with van der Waals surface area (Å²) in [5.74, 6) is -1.06. The molecule has 8 nitrogen and oxygen atoms in total. The van der Waals surface area contributed by atoms with Crippen LogP contribution in [0.2, 0.25) is 5.02 Å². The summed E-state index contributed by atoms with van der Waals surface area (Å²) in [6.45, 7) is 12.2. The second-order valence-corrected chi connectivity index (χ2v) is 10.5. The van der Waals surface area contributed by atoms with E-state index in [9.17, 15) is 19.5 Å². The highest BCUT2D eigenvalue weighted by Gasteiger charge is 2.36. The number of nitrogens with one attached hydrogen (secondary N) is 2. The van der Waals surface area contributed by atoms with Crippen molar-refractivity contribution in [2.24, 2.45) is 0 Å². The molecule has 2 rings (SSSR count). The van der Waals surface area contributed by atoms with Crippen LogP contribution in [0, 0.1) is 20.8 Å². The van der Waals surface area contributed by atoms with Gasteiger partial charge in [-0.05, 0) is 70.7 Å². The number of carbonyl (C=O) groups excluding carboxylic acids is 3. The fourth-order valence-electron chi connectivity index (χ4n) is 4.01. The summed E-state index contributed by atoms with van der Waals surface area (Å²) in [4.78, 5) is 41.4. The van der Waals surface area contributed by atoms with Crippen LogP contribution in [0.3, 0.4) is 0 Å². The molecule has 0 radical (unpaired) electrons. The van der Waals surface area contributed by atoms with E-state index in [1.807, 2.05) is 52.0 Å². The third kappa shape index (κ3) is 8.20. The number of amides is 3. The Balaban J connectivity index is 2.53. The summed E-state index contributed by atoms with van der Waals surface area (Å²) >= 11 is 6.37. The van der Waals surface area contributed by atoms with Gasteiger partial charge in [-0.1, -0.05) is 54.4 Å². The van der Waals surface area contributed by atoms with Crippen molar-refractivity contribution >= 4 is 35.2 Å². The molecule has 0 saturated carbocycles. The summed E-state index contributed by atoms with van der Waals surface area (Å²) in [5.41, 5.74) is 2.90. The second-order valence-electron chi connectivity index (χ2n) is 10.1. The van der Waals surface area contributed by atoms with Crippen LogP contribution in [0.5, 0.6) is 0 Å². The minimum Gasteiger partial charge on any atom is -0.444 e. The number of para-hydroxylation sites is 1. The normalized spacial score (nSPS) is 12.9. The maximum Gasteiger partial charge on any atom is 0.408 e. The van der Waals surface area contributed by atoms with Crippen LogP contribution in [0.25, 0.3) is 0 Å². The lowest BCUT2D eigenvalue weighted by atomic mass is 9.96. The van der Waals surface area contributed by atoms with Gasteiger partial charge in [-0.15, -0.1) is 0 Å². The van der Waals surface area contributed by atoms with Gasteiger partial charge in [0.05, 0.1) is 17.3 Å². The number of nitrogens with zero attached hydrogens (tertiary/aromatic N) is 1. The number of benzene rings is 2. The Bertz CT molecular complexity index is 1110. The number of alkyl carbamates (subject to hydrolysis) is 1. The van der Waals surface area contributed by atoms with E-state index in [2.05, 4.69) is 10.6 Å². The summed E-state index contributed by atoms with van der Waals surface area (Å²) in [6.07, 6.45) is -0.300. The Morgan fingerprint density at radius 3 is 2.30 bits per heavy atom. The predicted molar refractivity (Wildman–Crippen MR) is 146 cm³/mol. The van der Waals surface area contributed by atoms with Crippen LogP contribution in [0.4, 0.5) is 10.5 Å². The van der Waals surface area contributed by atoms with Crippen LogP contribution >= 0.6 is 11.6 Å². The van der Waals surface area contributed by atoms with Crippen molar-refractivity contribution in [3.8, 4) is 0 Å². The van der Waals surface area contributed by atoms with Gasteiger partial charge in [0.25, 0.3) is 5.91 Å². The number of hydrogen-bond acceptors (Lipinski definition) is 5. The van der Waals surface area contributed by atoms with E-state index in [4.69, 9.17) is 16.3 Å². The quantitative estimate of drug-likeness (QED) is 0.418. The van der Waals surface area contributed by atoms with Crippen LogP contribution in [-0.2, 0) is 14.3 Å². The van der Waals surface area contributed by atoms with Gasteiger partial charge in [0.15, 0.2) is 0 Å². The van der Waals surface area contributed by atoms with E-state index in [1.54, 1.807) is 32.9 Å². The second kappa shape index (κ2) is 12.9. The zero-order valence-electron chi connectivity index (χ0n) is 22.6. The van der Waals surface area contributed by atoms with Gasteiger partial charge in [-0.3, -0.25) is 9.59 Å². The molecule has 0 aliphatic carbocycles. The molecular weight excluding hydrogens is 494 g/mol. The predicted octanol–water partition coefficient (Wildman–Crippen LogP) is 5.07. The van der Waals surface area contributed by atoms with Gasteiger partial charge in [0.2, 0.25) is 5.91 Å². The van der Waals surface area contributed by atoms with Gasteiger partial charge in [0.1, 0.15) is 17.7 Å². The van der Waals surface area contributed by atoms with Crippen molar-refractivity contribution in [2.45, 2.75) is 72.6 Å². The van der Waals surface area contributed by atoms with Gasteiger partial charge >= 0.3 is 6.09 Å². The van der Waals surface area contributed by atoms with E-state index < -0.39 is 42.2 Å². The van der Waals surface area contributed by atoms with Crippen LogP contribution in [-0.4, -0.2) is 52.7 Å². The highest BCUT2D eigenvalue weighted by molar-refractivity contribution is 6.34. The molecule has 3 N–H and O–H groups in total. The molecule has 2 aromatic carbocycles. The van der Waals surface area contributed by atoms with E-state index in [1.165, 1.54) is 4.90 Å². The van der Waals surface area contributed by atoms with Gasteiger partial charge < -0.3 is 25.4 Å². The van der Waals surface area contributed by atoms with Crippen molar-refractivity contribution in [1.82, 2.24) is 10.2 Å². The molecule has 0 aromatic heterocycles. The molecule has 0 aliphatic rings. The fraction of sp³-hybridized carbons (Fsp3) is 0.464. The number of carbonyl (C=O) groups is 3. The molecular formula is C28H38ClN3O5. The monoisotopic (exact) mass is 531 g/mol. The van der Waals surface area contributed by atoms with E-state index in [-0.39, 0.29) is 6.54 Å². The van der Waals surface area contributed by atoms with Gasteiger partial charge in [0, 0.05) is 6.54 Å². The average molecular weight is 532 g/mol. The van der Waals surface area contributed by atoms with Crippen molar-refractivity contribution in [2.75, 3.05) is 18.5 Å². The molecule has 2 atom stereocenters. The third-order valence-corrected chi connectivity index (χ3v) is 5.98. The Kier molecular flexibility index (Phi) is 10.5. The summed E-state index contributed by atoms with van der Waals surface area (Å²) < 4.78 is 5.26. The number of anilines is 1. The van der Waals surface area contributed by atoms with Crippen molar-refractivity contribution in [3.05, 3.63) is 63.7 Å². The molecule has 2 aromatic rings. The lowest BCUT2D eigenvalue weighted by molar-refractivity contribution is -0.141. The molecule has 0 aliphatic heterocycles. The summed E-state index contributed by atoms with van der Waals surface area (Å²) in [5, 5.41) is 15.7. The highest BCUT2D eigenvalue weighted by atomic mass is 35.5. The first-order valence-corrected chi connectivity index (χ1v) is 12.7. The van der Waals surface area contributed by atoms with Crippen LogP contribution in [0.15, 0.2) is 36.4 Å². The summed E-state index contributed by atoms with van der Waals surface area (Å²) in [6, 6.07) is 8.58. The van der Waals surface area contributed by atoms with Gasteiger partial charge in [-0.25, -0.2) is 4.79 Å². The standard InChI is InChI=1S/C28H38ClN3O5/c1-8-14-32(26(35)22(16-33)30-27(36)37-28(5,6)7)24(20-13-12-17(2)15-19(20)4)25(34)31-23-18(3)10-9-11-21(23)29/h9-13,15,22,24,33H,8,14,16H2,1-7H3,(H,30,36)(H,31,34). The molecule has 0 bridgehead atoms. The smallest absolute Gasteiger partial charge is 0.408 e. The van der Waals surface area contributed by atoms with E-state index in [0.29, 0.717) is 22.7 Å². The number of ether oxygens (including phenoxy) is 1. The van der Waals surface area contributed by atoms with E-state index >= 15 is 0 Å². The molecule has 0 spiro atoms. The SMILES string of the molecule is CCCN(C(=O)C(CO)NC(=O)OC(C)(C)C)C(C(=O)Nc1c(C)cccc1Cl)c1ccc(C)cc1C. The van der Waals surface area contributed by atoms with Crippen LogP contribution in [0.1, 0.15) is 62.4 Å². The average Bonchev–Trinajstić information content (AvgIpc) is 2.79. The third-order valence-electron chi connectivity index (χ3n) is 5.67. The number of halogens is 1. The lowest BCUT2D eigenvalue weighted by Crippen LogP contribution is -2.54. The molecule has 3 amide bonds. The molecule has 0 saturated heterocycles. The number of aliphatic hydroxyl groups excluding tert-OH is 1. The topological polar surface area (TPSA) is 108 Å². The molecule has 9 heteroatoms. The summed E-state index contributed by atoms with van der Waals surface area (Å²) in [7, 11) is 0. The maximum absolute atomic E-state index is 13.9. The molecule has 37 heavy (non-hydrogen) atoms. The maximum atomic E-state index is 13.9. The molecule has 0 heterocycles. The van der Waals surface area contributed by atoms with Crippen molar-refractivity contribution in [1.29, 1.82) is 0 Å². The van der Waals surface area contributed by atoms with Crippen LogP contribution < -0.4 is 10.6 Å². The number of rotatable bonds is 9. The van der Waals surface area contributed by atoms with E-state index in [0.717, 1.165) is 16.7 Å². The van der Waals surface area contributed by atoms with Crippen molar-refractivity contribution in [3.63, 3.8) is 0 Å². The Labute approximate surface area is 224 Å². The Morgan fingerprint density at radius 2 is 1.76 bits per heavy atom. The Hall–Kier alpha value is -3.10. The fourth-order valence-corrected chi connectivity index (χ4v) is 4.28. The largest absolute Gasteiger partial charge is 0.444 e. The first kappa shape index (κ1) is 30.1. The number of aliphatic hydroxyl groups is 1. The molecule has 2 unspecified atom stereocenters. The number of aryl methyl sites for hydroxylation is 3. The molecule has 202 valence electrons. The molecule has 0 fully saturated rings. The lowest BCUT2D eigenvalue weighted by Gasteiger charge is -2.34.